The van der Waals surface area contributed by atoms with Crippen molar-refractivity contribution in [3.05, 3.63) is 48.0 Å². The molecule has 0 spiro atoms. The summed E-state index contributed by atoms with van der Waals surface area (Å²) in [5, 5.41) is 0. The molecule has 22 heavy (non-hydrogen) atoms. The van der Waals surface area contributed by atoms with E-state index in [1.165, 1.54) is 13.2 Å². The molecule has 1 unspecified atom stereocenters. The van der Waals surface area contributed by atoms with Gasteiger partial charge in [-0.25, -0.2) is 9.59 Å². The van der Waals surface area contributed by atoms with Crippen LogP contribution in [0.3, 0.4) is 0 Å². The van der Waals surface area contributed by atoms with Gasteiger partial charge in [0.25, 0.3) is 0 Å². The number of benzene rings is 1. The molecule has 1 aromatic rings. The lowest BCUT2D eigenvalue weighted by molar-refractivity contribution is -0.167. The van der Waals surface area contributed by atoms with Gasteiger partial charge in [0.05, 0.1) is 7.11 Å². The number of ether oxygens (including phenoxy) is 2. The minimum absolute atomic E-state index is 0.541. The summed E-state index contributed by atoms with van der Waals surface area (Å²) < 4.78 is 9.85. The Kier molecular flexibility index (Phi) is 5.88. The minimum atomic E-state index is -1.95. The molecule has 2 N–H and O–H groups in total. The normalized spacial score (nSPS) is 14.4. The number of hydrogen-bond donors (Lipinski definition) is 1. The van der Waals surface area contributed by atoms with Gasteiger partial charge >= 0.3 is 11.9 Å². The van der Waals surface area contributed by atoms with Gasteiger partial charge < -0.3 is 15.2 Å². The first-order valence-corrected chi connectivity index (χ1v) is 7.01. The number of hydrogen-bond acceptors (Lipinski definition) is 5. The van der Waals surface area contributed by atoms with Gasteiger partial charge in [-0.2, -0.15) is 0 Å². The highest BCUT2D eigenvalue weighted by atomic mass is 16.6. The molecule has 0 aliphatic heterocycles. The fourth-order valence-electron chi connectivity index (χ4n) is 1.75. The third-order valence-corrected chi connectivity index (χ3v) is 2.84. The number of esters is 2. The molecule has 0 radical (unpaired) electrons. The van der Waals surface area contributed by atoms with Gasteiger partial charge in [-0.3, -0.25) is 0 Å². The zero-order chi connectivity index (χ0) is 16.8. The van der Waals surface area contributed by atoms with Gasteiger partial charge in [-0.05, 0) is 38.8 Å². The van der Waals surface area contributed by atoms with Gasteiger partial charge in [0.1, 0.15) is 5.60 Å². The molecule has 5 heteroatoms. The SMILES string of the molecule is COC(=O)C(N)(C=CCc1ccccc1)C(=O)OC(C)(C)C. The monoisotopic (exact) mass is 305 g/mol. The predicted molar refractivity (Wildman–Crippen MR) is 84.1 cm³/mol. The Morgan fingerprint density at radius 3 is 2.23 bits per heavy atom. The number of allylic oxidation sites excluding steroid dienone is 1. The quantitative estimate of drug-likeness (QED) is 0.511. The van der Waals surface area contributed by atoms with E-state index in [1.54, 1.807) is 26.8 Å². The Morgan fingerprint density at radius 1 is 1.14 bits per heavy atom. The summed E-state index contributed by atoms with van der Waals surface area (Å²) in [6.45, 7) is 5.11. The smallest absolute Gasteiger partial charge is 0.342 e. The maximum Gasteiger partial charge on any atom is 0.342 e. The number of carbonyl (C=O) groups is 2. The van der Waals surface area contributed by atoms with Crippen LogP contribution in [0, 0.1) is 0 Å². The van der Waals surface area contributed by atoms with Crippen molar-refractivity contribution >= 4 is 11.9 Å². The lowest BCUT2D eigenvalue weighted by atomic mass is 9.99. The molecule has 1 rings (SSSR count). The van der Waals surface area contributed by atoms with Crippen LogP contribution in [0.25, 0.3) is 0 Å². The molecule has 0 fully saturated rings. The molecule has 0 saturated heterocycles. The molecule has 1 aromatic carbocycles. The predicted octanol–water partition coefficient (Wildman–Crippen LogP) is 2.00. The Balaban J connectivity index is 2.92. The van der Waals surface area contributed by atoms with E-state index in [4.69, 9.17) is 10.5 Å². The van der Waals surface area contributed by atoms with Gasteiger partial charge in [-0.1, -0.05) is 36.4 Å². The van der Waals surface area contributed by atoms with E-state index >= 15 is 0 Å². The van der Waals surface area contributed by atoms with Gasteiger partial charge in [0.2, 0.25) is 5.54 Å². The molecular formula is C17H23NO4. The standard InChI is InChI=1S/C17H23NO4/c1-16(2,3)22-15(20)17(18,14(19)21-4)12-8-11-13-9-6-5-7-10-13/h5-10,12H,11,18H2,1-4H3. The Labute approximate surface area is 131 Å². The van der Waals surface area contributed by atoms with E-state index in [1.807, 2.05) is 30.3 Å². The van der Waals surface area contributed by atoms with Crippen LogP contribution in [0.2, 0.25) is 0 Å². The molecule has 0 heterocycles. The lowest BCUT2D eigenvalue weighted by Crippen LogP contribution is -2.56. The fourth-order valence-corrected chi connectivity index (χ4v) is 1.75. The zero-order valence-corrected chi connectivity index (χ0v) is 13.5. The third kappa shape index (κ3) is 5.00. The number of rotatable bonds is 5. The van der Waals surface area contributed by atoms with Gasteiger partial charge in [0, 0.05) is 0 Å². The van der Waals surface area contributed by atoms with Crippen LogP contribution in [0.1, 0.15) is 26.3 Å². The second kappa shape index (κ2) is 7.22. The van der Waals surface area contributed by atoms with Crippen molar-refractivity contribution in [3.8, 4) is 0 Å². The highest BCUT2D eigenvalue weighted by Gasteiger charge is 2.44. The summed E-state index contributed by atoms with van der Waals surface area (Å²) in [5.74, 6) is -1.69. The molecular weight excluding hydrogens is 282 g/mol. The summed E-state index contributed by atoms with van der Waals surface area (Å²) in [4.78, 5) is 24.1. The fraction of sp³-hybridized carbons (Fsp3) is 0.412. The number of carbonyl (C=O) groups excluding carboxylic acids is 2. The van der Waals surface area contributed by atoms with Crippen LogP contribution in [-0.4, -0.2) is 30.2 Å². The molecule has 0 amide bonds. The highest BCUT2D eigenvalue weighted by Crippen LogP contribution is 2.16. The van der Waals surface area contributed by atoms with Crippen LogP contribution >= 0.6 is 0 Å². The number of methoxy groups -OCH3 is 1. The lowest BCUT2D eigenvalue weighted by Gasteiger charge is -2.27. The second-order valence-electron chi connectivity index (χ2n) is 5.95. The molecule has 0 aliphatic carbocycles. The average Bonchev–Trinajstić information content (AvgIpc) is 2.45. The summed E-state index contributed by atoms with van der Waals surface area (Å²) in [6.07, 6.45) is 3.54. The average molecular weight is 305 g/mol. The van der Waals surface area contributed by atoms with Crippen LogP contribution in [0.5, 0.6) is 0 Å². The zero-order valence-electron chi connectivity index (χ0n) is 13.5. The molecule has 0 aliphatic rings. The van der Waals surface area contributed by atoms with E-state index in [-0.39, 0.29) is 0 Å². The van der Waals surface area contributed by atoms with Crippen LogP contribution in [0.4, 0.5) is 0 Å². The Bertz CT molecular complexity index is 546. The summed E-state index contributed by atoms with van der Waals surface area (Å²) in [5.41, 5.74) is 4.27. The van der Waals surface area contributed by atoms with Crippen molar-refractivity contribution in [2.75, 3.05) is 7.11 Å². The first-order valence-electron chi connectivity index (χ1n) is 7.01. The minimum Gasteiger partial charge on any atom is -0.467 e. The summed E-state index contributed by atoms with van der Waals surface area (Å²) in [6, 6.07) is 9.61. The van der Waals surface area contributed by atoms with Crippen molar-refractivity contribution in [2.24, 2.45) is 5.73 Å². The first kappa shape index (κ1) is 17.9. The highest BCUT2D eigenvalue weighted by molar-refractivity contribution is 6.07. The van der Waals surface area contributed by atoms with Crippen molar-refractivity contribution < 1.29 is 19.1 Å². The van der Waals surface area contributed by atoms with E-state index in [2.05, 4.69) is 4.74 Å². The van der Waals surface area contributed by atoms with Gasteiger partial charge in [-0.15, -0.1) is 0 Å². The molecule has 120 valence electrons. The van der Waals surface area contributed by atoms with Crippen molar-refractivity contribution in [1.29, 1.82) is 0 Å². The maximum atomic E-state index is 12.2. The van der Waals surface area contributed by atoms with Crippen LogP contribution in [-0.2, 0) is 25.5 Å². The van der Waals surface area contributed by atoms with Crippen molar-refractivity contribution in [3.63, 3.8) is 0 Å². The second-order valence-corrected chi connectivity index (χ2v) is 5.95. The Hall–Kier alpha value is -2.14. The van der Waals surface area contributed by atoms with Crippen LogP contribution in [0.15, 0.2) is 42.5 Å². The van der Waals surface area contributed by atoms with Crippen LogP contribution < -0.4 is 5.73 Å². The number of nitrogens with two attached hydrogens (primary N) is 1. The maximum absolute atomic E-state index is 12.2. The van der Waals surface area contributed by atoms with Crippen molar-refractivity contribution in [2.45, 2.75) is 38.3 Å². The van der Waals surface area contributed by atoms with E-state index < -0.39 is 23.1 Å². The van der Waals surface area contributed by atoms with Gasteiger partial charge in [0.15, 0.2) is 0 Å². The van der Waals surface area contributed by atoms with E-state index in [0.29, 0.717) is 6.42 Å². The molecule has 5 nitrogen and oxygen atoms in total. The first-order chi connectivity index (χ1) is 10.2. The summed E-state index contributed by atoms with van der Waals surface area (Å²) in [7, 11) is 1.18. The third-order valence-electron chi connectivity index (χ3n) is 2.84. The largest absolute Gasteiger partial charge is 0.467 e. The topological polar surface area (TPSA) is 78.6 Å². The Morgan fingerprint density at radius 2 is 1.73 bits per heavy atom. The van der Waals surface area contributed by atoms with E-state index in [9.17, 15) is 9.59 Å². The van der Waals surface area contributed by atoms with Crippen molar-refractivity contribution in [1.82, 2.24) is 0 Å². The summed E-state index contributed by atoms with van der Waals surface area (Å²) >= 11 is 0. The molecule has 0 bridgehead atoms. The van der Waals surface area contributed by atoms with E-state index in [0.717, 1.165) is 5.56 Å². The molecule has 0 saturated carbocycles. The molecule has 1 atom stereocenters. The molecule has 0 aromatic heterocycles.